The summed E-state index contributed by atoms with van der Waals surface area (Å²) in [5.41, 5.74) is 0.966. The SMILES string of the molecule is O=S(=O)(Nc1ccc(Cl)cc1NS(=O)(=O)c1cc2ccccc2o1)c1cnc2ccccc2c1. The van der Waals surface area contributed by atoms with Gasteiger partial charge in [-0.25, -0.2) is 8.42 Å². The predicted octanol–water partition coefficient (Wildman–Crippen LogP) is 5.24. The maximum atomic E-state index is 13.1. The van der Waals surface area contributed by atoms with E-state index in [9.17, 15) is 16.8 Å². The van der Waals surface area contributed by atoms with Crippen LogP contribution in [0.4, 0.5) is 11.4 Å². The quantitative estimate of drug-likeness (QED) is 0.320. The van der Waals surface area contributed by atoms with Crippen LogP contribution in [0.2, 0.25) is 5.02 Å². The number of hydrogen-bond donors (Lipinski definition) is 2. The lowest BCUT2D eigenvalue weighted by atomic mass is 10.2. The Bertz CT molecular complexity index is 1730. The molecule has 2 aromatic heterocycles. The van der Waals surface area contributed by atoms with E-state index >= 15 is 0 Å². The lowest BCUT2D eigenvalue weighted by Crippen LogP contribution is -2.17. The molecule has 0 aliphatic rings. The van der Waals surface area contributed by atoms with Gasteiger partial charge in [0.15, 0.2) is 0 Å². The first-order valence-corrected chi connectivity index (χ1v) is 13.2. The minimum Gasteiger partial charge on any atom is -0.443 e. The molecule has 5 rings (SSSR count). The Labute approximate surface area is 200 Å². The fraction of sp³-hybridized carbons (Fsp3) is 0. The second-order valence-electron chi connectivity index (χ2n) is 7.37. The number of furan rings is 1. The maximum absolute atomic E-state index is 13.1. The molecule has 5 aromatic rings. The van der Waals surface area contributed by atoms with Crippen molar-refractivity contribution in [2.75, 3.05) is 9.44 Å². The lowest BCUT2D eigenvalue weighted by Gasteiger charge is -2.14. The standard InChI is InChI=1S/C23H16ClN3O5S2/c24-17-9-10-20(26-33(28,29)18-11-15-5-1-3-7-19(15)25-14-18)21(13-17)27-34(30,31)23-12-16-6-2-4-8-22(16)32-23/h1-14,26-27H. The van der Waals surface area contributed by atoms with Gasteiger partial charge in [-0.1, -0.05) is 48.0 Å². The van der Waals surface area contributed by atoms with Crippen molar-refractivity contribution in [3.63, 3.8) is 0 Å². The Morgan fingerprint density at radius 3 is 2.24 bits per heavy atom. The molecule has 2 heterocycles. The van der Waals surface area contributed by atoms with Crippen LogP contribution in [-0.2, 0) is 20.0 Å². The van der Waals surface area contributed by atoms with Gasteiger partial charge in [-0.3, -0.25) is 14.4 Å². The van der Waals surface area contributed by atoms with Crippen molar-refractivity contribution in [2.24, 2.45) is 0 Å². The molecule has 2 N–H and O–H groups in total. The van der Waals surface area contributed by atoms with Gasteiger partial charge in [0.05, 0.1) is 16.9 Å². The highest BCUT2D eigenvalue weighted by molar-refractivity contribution is 7.93. The average Bonchev–Trinajstić information content (AvgIpc) is 3.26. The van der Waals surface area contributed by atoms with Crippen LogP contribution in [-0.4, -0.2) is 21.8 Å². The van der Waals surface area contributed by atoms with Crippen LogP contribution < -0.4 is 9.44 Å². The van der Waals surface area contributed by atoms with Crippen LogP contribution in [0.3, 0.4) is 0 Å². The second kappa shape index (κ2) is 8.32. The maximum Gasteiger partial charge on any atom is 0.295 e. The van der Waals surface area contributed by atoms with Crippen molar-refractivity contribution in [1.29, 1.82) is 0 Å². The lowest BCUT2D eigenvalue weighted by molar-refractivity contribution is 0.484. The number of fused-ring (bicyclic) bond motifs is 2. The number of sulfonamides is 2. The van der Waals surface area contributed by atoms with E-state index in [1.165, 1.54) is 36.5 Å². The molecule has 34 heavy (non-hydrogen) atoms. The molecule has 0 saturated heterocycles. The Morgan fingerprint density at radius 1 is 0.735 bits per heavy atom. The summed E-state index contributed by atoms with van der Waals surface area (Å²) >= 11 is 6.06. The summed E-state index contributed by atoms with van der Waals surface area (Å²) < 4.78 is 62.3. The van der Waals surface area contributed by atoms with Gasteiger partial charge >= 0.3 is 0 Å². The normalized spacial score (nSPS) is 12.1. The number of nitrogens with one attached hydrogen (secondary N) is 2. The van der Waals surface area contributed by atoms with Gasteiger partial charge in [-0.2, -0.15) is 8.42 Å². The van der Waals surface area contributed by atoms with E-state index in [0.717, 1.165) is 0 Å². The van der Waals surface area contributed by atoms with Crippen LogP contribution in [0.1, 0.15) is 0 Å². The molecule has 0 saturated carbocycles. The molecule has 0 spiro atoms. The number of nitrogens with zero attached hydrogens (tertiary/aromatic N) is 1. The first-order valence-electron chi connectivity index (χ1n) is 9.90. The van der Waals surface area contributed by atoms with Crippen LogP contribution in [0.5, 0.6) is 0 Å². The molecule has 8 nitrogen and oxygen atoms in total. The van der Waals surface area contributed by atoms with Gasteiger partial charge < -0.3 is 4.42 Å². The number of aromatic nitrogens is 1. The van der Waals surface area contributed by atoms with Crippen LogP contribution in [0.25, 0.3) is 21.9 Å². The number of rotatable bonds is 6. The zero-order chi connectivity index (χ0) is 23.9. The van der Waals surface area contributed by atoms with Crippen LogP contribution >= 0.6 is 11.6 Å². The Kier molecular flexibility index (Phi) is 5.43. The van der Waals surface area contributed by atoms with Gasteiger partial charge in [-0.05, 0) is 36.4 Å². The van der Waals surface area contributed by atoms with Crippen LogP contribution in [0, 0.1) is 0 Å². The second-order valence-corrected chi connectivity index (χ2v) is 11.1. The summed E-state index contributed by atoms with van der Waals surface area (Å²) in [7, 11) is -8.28. The minimum absolute atomic E-state index is 0.0164. The number of halogens is 1. The molecule has 0 atom stereocenters. The van der Waals surface area contributed by atoms with Gasteiger partial charge in [0, 0.05) is 28.1 Å². The van der Waals surface area contributed by atoms with Crippen molar-refractivity contribution in [3.8, 4) is 0 Å². The summed E-state index contributed by atoms with van der Waals surface area (Å²) in [6.07, 6.45) is 1.23. The smallest absolute Gasteiger partial charge is 0.295 e. The Balaban J connectivity index is 1.49. The molecular weight excluding hydrogens is 498 g/mol. The molecular formula is C23H16ClN3O5S2. The van der Waals surface area contributed by atoms with Crippen molar-refractivity contribution in [1.82, 2.24) is 4.98 Å². The summed E-state index contributed by atoms with van der Waals surface area (Å²) in [4.78, 5) is 4.10. The monoisotopic (exact) mass is 513 g/mol. The Hall–Kier alpha value is -3.60. The van der Waals surface area contributed by atoms with E-state index in [0.29, 0.717) is 21.9 Å². The molecule has 0 unspecified atom stereocenters. The zero-order valence-corrected chi connectivity index (χ0v) is 19.7. The summed E-state index contributed by atoms with van der Waals surface area (Å²) in [6, 6.07) is 20.9. The highest BCUT2D eigenvalue weighted by atomic mass is 35.5. The highest BCUT2D eigenvalue weighted by Crippen LogP contribution is 2.31. The van der Waals surface area contributed by atoms with Gasteiger partial charge in [-0.15, -0.1) is 0 Å². The fourth-order valence-electron chi connectivity index (χ4n) is 3.38. The average molecular weight is 514 g/mol. The highest BCUT2D eigenvalue weighted by Gasteiger charge is 2.23. The summed E-state index contributed by atoms with van der Waals surface area (Å²) in [6.45, 7) is 0. The fourth-order valence-corrected chi connectivity index (χ4v) is 5.65. The van der Waals surface area contributed by atoms with E-state index in [4.69, 9.17) is 16.0 Å². The zero-order valence-electron chi connectivity index (χ0n) is 17.3. The predicted molar refractivity (Wildman–Crippen MR) is 131 cm³/mol. The van der Waals surface area contributed by atoms with E-state index in [1.807, 2.05) is 0 Å². The third kappa shape index (κ3) is 4.30. The van der Waals surface area contributed by atoms with Gasteiger partial charge in [0.25, 0.3) is 20.0 Å². The summed E-state index contributed by atoms with van der Waals surface area (Å²) in [5.74, 6) is 0. The molecule has 11 heteroatoms. The first-order chi connectivity index (χ1) is 16.2. The molecule has 172 valence electrons. The van der Waals surface area contributed by atoms with E-state index in [1.54, 1.807) is 48.5 Å². The molecule has 0 radical (unpaired) electrons. The number of para-hydroxylation sites is 2. The topological polar surface area (TPSA) is 118 Å². The number of benzene rings is 3. The number of hydrogen-bond acceptors (Lipinski definition) is 6. The molecule has 0 amide bonds. The molecule has 0 aliphatic heterocycles. The largest absolute Gasteiger partial charge is 0.443 e. The number of anilines is 2. The van der Waals surface area contributed by atoms with E-state index < -0.39 is 20.0 Å². The van der Waals surface area contributed by atoms with Crippen molar-refractivity contribution in [3.05, 3.63) is 90.1 Å². The van der Waals surface area contributed by atoms with Crippen molar-refractivity contribution in [2.45, 2.75) is 9.99 Å². The van der Waals surface area contributed by atoms with E-state index in [-0.39, 0.29) is 26.4 Å². The van der Waals surface area contributed by atoms with E-state index in [2.05, 4.69) is 14.4 Å². The first kappa shape index (κ1) is 22.2. The van der Waals surface area contributed by atoms with Crippen LogP contribution in [0.15, 0.2) is 99.5 Å². The van der Waals surface area contributed by atoms with Gasteiger partial charge in [0.1, 0.15) is 10.5 Å². The third-order valence-electron chi connectivity index (χ3n) is 5.01. The molecule has 3 aromatic carbocycles. The number of pyridine rings is 1. The van der Waals surface area contributed by atoms with Gasteiger partial charge in [0.2, 0.25) is 5.09 Å². The molecule has 0 fully saturated rings. The summed E-state index contributed by atoms with van der Waals surface area (Å²) in [5, 5.41) is 1.14. The third-order valence-corrected chi connectivity index (χ3v) is 7.80. The van der Waals surface area contributed by atoms with Crippen molar-refractivity contribution >= 4 is 64.9 Å². The minimum atomic E-state index is -4.19. The Morgan fingerprint density at radius 2 is 1.44 bits per heavy atom. The molecule has 0 aliphatic carbocycles. The molecule has 0 bridgehead atoms. The van der Waals surface area contributed by atoms with Crippen molar-refractivity contribution < 1.29 is 21.3 Å².